The van der Waals surface area contributed by atoms with Gasteiger partial charge in [-0.3, -0.25) is 10.1 Å². The molecule has 1 rings (SSSR count). The second kappa shape index (κ2) is 8.32. The van der Waals surface area contributed by atoms with Crippen molar-refractivity contribution >= 4 is 33.2 Å². The van der Waals surface area contributed by atoms with Gasteiger partial charge in [-0.1, -0.05) is 18.9 Å². The first kappa shape index (κ1) is 15.2. The van der Waals surface area contributed by atoms with Crippen LogP contribution in [0.2, 0.25) is 0 Å². The second-order valence-corrected chi connectivity index (χ2v) is 5.03. The minimum Gasteiger partial charge on any atom is -0.486 e. The van der Waals surface area contributed by atoms with Gasteiger partial charge >= 0.3 is 5.69 Å². The summed E-state index contributed by atoms with van der Waals surface area (Å²) in [5, 5.41) is 10.8. The molecule has 0 aromatic heterocycles. The van der Waals surface area contributed by atoms with E-state index in [1.165, 1.54) is 6.07 Å². The highest BCUT2D eigenvalue weighted by molar-refractivity contribution is 9.10. The number of nitrogens with zero attached hydrogens (tertiary/aromatic N) is 1. The van der Waals surface area contributed by atoms with Crippen molar-refractivity contribution in [3.63, 3.8) is 0 Å². The molecule has 0 spiro atoms. The molecule has 0 saturated carbocycles. The zero-order valence-corrected chi connectivity index (χ0v) is 12.2. The molecule has 0 aliphatic heterocycles. The Morgan fingerprint density at radius 1 is 1.28 bits per heavy atom. The molecule has 100 valence electrons. The summed E-state index contributed by atoms with van der Waals surface area (Å²) < 4.78 is 6.10. The fourth-order valence-electron chi connectivity index (χ4n) is 1.51. The van der Waals surface area contributed by atoms with E-state index >= 15 is 0 Å². The molecule has 0 heterocycles. The molecule has 0 fully saturated rings. The van der Waals surface area contributed by atoms with E-state index in [1.54, 1.807) is 12.1 Å². The van der Waals surface area contributed by atoms with Crippen LogP contribution in [0, 0.1) is 10.1 Å². The van der Waals surface area contributed by atoms with Crippen molar-refractivity contribution < 1.29 is 9.66 Å². The van der Waals surface area contributed by atoms with Crippen LogP contribution in [-0.4, -0.2) is 17.4 Å². The molecule has 1 aromatic rings. The summed E-state index contributed by atoms with van der Waals surface area (Å²) in [4.78, 5) is 10.4. The van der Waals surface area contributed by atoms with Crippen LogP contribution in [0.5, 0.6) is 5.75 Å². The fourth-order valence-corrected chi connectivity index (χ4v) is 2.17. The van der Waals surface area contributed by atoms with Gasteiger partial charge in [0, 0.05) is 11.9 Å². The Hall–Kier alpha value is -0.810. The van der Waals surface area contributed by atoms with Crippen LogP contribution >= 0.6 is 27.5 Å². The van der Waals surface area contributed by atoms with Gasteiger partial charge in [0.15, 0.2) is 0 Å². The second-order valence-electron chi connectivity index (χ2n) is 3.80. The molecular formula is C12H15BrClNO3. The van der Waals surface area contributed by atoms with Crippen LogP contribution in [0.3, 0.4) is 0 Å². The number of hydrogen-bond acceptors (Lipinski definition) is 3. The molecule has 0 radical (unpaired) electrons. The maximum absolute atomic E-state index is 10.8. The molecule has 18 heavy (non-hydrogen) atoms. The third kappa shape index (κ3) is 4.82. The number of hydrogen-bond donors (Lipinski definition) is 0. The van der Waals surface area contributed by atoms with Crippen LogP contribution < -0.4 is 4.74 Å². The third-order valence-electron chi connectivity index (χ3n) is 2.42. The van der Waals surface area contributed by atoms with E-state index in [4.69, 9.17) is 16.3 Å². The lowest BCUT2D eigenvalue weighted by molar-refractivity contribution is -0.386. The number of ether oxygens (including phenoxy) is 1. The average molecular weight is 337 g/mol. The van der Waals surface area contributed by atoms with Crippen LogP contribution in [0.1, 0.15) is 25.7 Å². The topological polar surface area (TPSA) is 52.4 Å². The number of rotatable bonds is 8. The molecule has 4 nitrogen and oxygen atoms in total. The third-order valence-corrected chi connectivity index (χ3v) is 3.31. The van der Waals surface area contributed by atoms with E-state index in [-0.39, 0.29) is 5.69 Å². The summed E-state index contributed by atoms with van der Waals surface area (Å²) in [7, 11) is 0. The largest absolute Gasteiger partial charge is 0.486 e. The number of unbranched alkanes of at least 4 members (excludes halogenated alkanes) is 3. The predicted octanol–water partition coefficient (Wildman–Crippen LogP) is 4.54. The van der Waals surface area contributed by atoms with Crippen LogP contribution in [0.25, 0.3) is 0 Å². The Labute approximate surface area is 120 Å². The Kier molecular flexibility index (Phi) is 7.05. The number of halogens is 2. The molecule has 0 unspecified atom stereocenters. The highest BCUT2D eigenvalue weighted by atomic mass is 79.9. The van der Waals surface area contributed by atoms with Crippen molar-refractivity contribution in [2.24, 2.45) is 0 Å². The first-order valence-corrected chi connectivity index (χ1v) is 7.11. The van der Waals surface area contributed by atoms with Gasteiger partial charge in [-0.15, -0.1) is 11.6 Å². The van der Waals surface area contributed by atoms with Gasteiger partial charge in [0.1, 0.15) is 0 Å². The average Bonchev–Trinajstić information content (AvgIpc) is 2.34. The molecule has 0 atom stereocenters. The summed E-state index contributed by atoms with van der Waals surface area (Å²) in [5.41, 5.74) is -0.00914. The first-order chi connectivity index (χ1) is 8.66. The fraction of sp³-hybridized carbons (Fsp3) is 0.500. The van der Waals surface area contributed by atoms with Crippen LogP contribution in [0.4, 0.5) is 5.69 Å². The van der Waals surface area contributed by atoms with E-state index in [0.29, 0.717) is 22.7 Å². The molecule has 0 amide bonds. The number of benzene rings is 1. The zero-order valence-electron chi connectivity index (χ0n) is 9.90. The lowest BCUT2D eigenvalue weighted by atomic mass is 10.2. The number of para-hydroxylation sites is 1. The highest BCUT2D eigenvalue weighted by Crippen LogP contribution is 2.34. The van der Waals surface area contributed by atoms with Crippen LogP contribution in [-0.2, 0) is 0 Å². The molecule has 0 N–H and O–H groups in total. The normalized spacial score (nSPS) is 10.3. The number of alkyl halides is 1. The van der Waals surface area contributed by atoms with Crippen molar-refractivity contribution in [1.29, 1.82) is 0 Å². The van der Waals surface area contributed by atoms with Gasteiger partial charge in [-0.05, 0) is 34.8 Å². The van der Waals surface area contributed by atoms with Crippen molar-refractivity contribution in [3.8, 4) is 5.75 Å². The molecule has 0 bridgehead atoms. The lowest BCUT2D eigenvalue weighted by Gasteiger charge is -2.08. The van der Waals surface area contributed by atoms with Gasteiger partial charge in [0.25, 0.3) is 0 Å². The first-order valence-electron chi connectivity index (χ1n) is 5.78. The van der Waals surface area contributed by atoms with Gasteiger partial charge in [-0.2, -0.15) is 0 Å². The molecular weight excluding hydrogens is 321 g/mol. The minimum absolute atomic E-state index is 0.00914. The Morgan fingerprint density at radius 3 is 2.67 bits per heavy atom. The molecule has 0 saturated heterocycles. The summed E-state index contributed by atoms with van der Waals surface area (Å²) in [5.74, 6) is 0.983. The predicted molar refractivity (Wildman–Crippen MR) is 75.5 cm³/mol. The SMILES string of the molecule is O=[N+]([O-])c1cccc(Br)c1OCCCCCCCl. The molecule has 0 aliphatic rings. The Morgan fingerprint density at radius 2 is 2.00 bits per heavy atom. The van der Waals surface area contributed by atoms with Crippen LogP contribution in [0.15, 0.2) is 22.7 Å². The maximum Gasteiger partial charge on any atom is 0.312 e. The standard InChI is InChI=1S/C12H15BrClNO3/c13-10-6-5-7-11(15(16)17)12(10)18-9-4-2-1-3-8-14/h5-7H,1-4,8-9H2. The van der Waals surface area contributed by atoms with Gasteiger partial charge in [0.2, 0.25) is 5.75 Å². The lowest BCUT2D eigenvalue weighted by Crippen LogP contribution is -2.01. The van der Waals surface area contributed by atoms with Crippen molar-refractivity contribution in [2.45, 2.75) is 25.7 Å². The van der Waals surface area contributed by atoms with Gasteiger partial charge in [-0.25, -0.2) is 0 Å². The zero-order chi connectivity index (χ0) is 13.4. The number of nitro groups is 1. The van der Waals surface area contributed by atoms with E-state index in [1.807, 2.05) is 0 Å². The molecule has 0 aliphatic carbocycles. The monoisotopic (exact) mass is 335 g/mol. The summed E-state index contributed by atoms with van der Waals surface area (Å²) in [6, 6.07) is 4.79. The van der Waals surface area contributed by atoms with Crippen molar-refractivity contribution in [3.05, 3.63) is 32.8 Å². The summed E-state index contributed by atoms with van der Waals surface area (Å²) >= 11 is 8.84. The van der Waals surface area contributed by atoms with E-state index < -0.39 is 4.92 Å². The van der Waals surface area contributed by atoms with E-state index in [0.717, 1.165) is 25.7 Å². The van der Waals surface area contributed by atoms with Crippen molar-refractivity contribution in [1.82, 2.24) is 0 Å². The summed E-state index contributed by atoms with van der Waals surface area (Å²) in [6.45, 7) is 0.478. The highest BCUT2D eigenvalue weighted by Gasteiger charge is 2.17. The van der Waals surface area contributed by atoms with E-state index in [2.05, 4.69) is 15.9 Å². The Bertz CT molecular complexity index is 401. The van der Waals surface area contributed by atoms with Gasteiger partial charge in [0.05, 0.1) is 16.0 Å². The molecule has 6 heteroatoms. The number of nitro benzene ring substituents is 1. The maximum atomic E-state index is 10.8. The summed E-state index contributed by atoms with van der Waals surface area (Å²) in [6.07, 6.45) is 3.95. The van der Waals surface area contributed by atoms with E-state index in [9.17, 15) is 10.1 Å². The van der Waals surface area contributed by atoms with Gasteiger partial charge < -0.3 is 4.74 Å². The quantitative estimate of drug-likeness (QED) is 0.303. The Balaban J connectivity index is 2.48. The van der Waals surface area contributed by atoms with Crippen molar-refractivity contribution in [2.75, 3.05) is 12.5 Å². The minimum atomic E-state index is -0.437. The molecule has 1 aromatic carbocycles. The smallest absolute Gasteiger partial charge is 0.312 e.